The number of amides is 1. The summed E-state index contributed by atoms with van der Waals surface area (Å²) in [6.45, 7) is 0. The lowest BCUT2D eigenvalue weighted by molar-refractivity contribution is -0.136. The largest absolute Gasteiger partial charge is 0.481 e. The fourth-order valence-electron chi connectivity index (χ4n) is 1.11. The topological polar surface area (TPSA) is 99.0 Å². The molecule has 84 valence electrons. The van der Waals surface area contributed by atoms with Gasteiger partial charge in [0.2, 0.25) is 0 Å². The van der Waals surface area contributed by atoms with Crippen LogP contribution >= 0.6 is 0 Å². The number of hydrogen-bond acceptors (Lipinski definition) is 4. The van der Waals surface area contributed by atoms with Gasteiger partial charge in [-0.05, 0) is 17.7 Å². The molecule has 0 aliphatic rings. The molecule has 0 unspecified atom stereocenters. The highest BCUT2D eigenvalue weighted by molar-refractivity contribution is 6.31. The number of nitrogens with one attached hydrogen (secondary N) is 1. The zero-order valence-corrected chi connectivity index (χ0v) is 8.25. The Kier molecular flexibility index (Phi) is 4.02. The van der Waals surface area contributed by atoms with Crippen LogP contribution < -0.4 is 5.32 Å². The third-order valence-corrected chi connectivity index (χ3v) is 1.75. The lowest BCUT2D eigenvalue weighted by Crippen LogP contribution is -2.12. The molecule has 1 aromatic rings. The maximum absolute atomic E-state index is 11.0. The molecule has 0 saturated carbocycles. The van der Waals surface area contributed by atoms with Crippen LogP contribution in [0, 0.1) is 0 Å². The van der Waals surface area contributed by atoms with Crippen LogP contribution in [-0.2, 0) is 16.0 Å². The monoisotopic (exact) mass is 222 g/mol. The van der Waals surface area contributed by atoms with Gasteiger partial charge in [0.25, 0.3) is 5.91 Å². The van der Waals surface area contributed by atoms with Gasteiger partial charge >= 0.3 is 5.97 Å². The van der Waals surface area contributed by atoms with E-state index in [-0.39, 0.29) is 6.42 Å². The number of anilines is 1. The van der Waals surface area contributed by atoms with Gasteiger partial charge in [-0.1, -0.05) is 17.3 Å². The van der Waals surface area contributed by atoms with Gasteiger partial charge in [0, 0.05) is 5.69 Å². The number of nitrogens with zero attached hydrogens (tertiary/aromatic N) is 1. The third-order valence-electron chi connectivity index (χ3n) is 1.75. The highest BCUT2D eigenvalue weighted by Gasteiger charge is 2.01. The molecule has 1 amide bonds. The second kappa shape index (κ2) is 5.50. The number of carbonyl (C=O) groups is 2. The van der Waals surface area contributed by atoms with Crippen molar-refractivity contribution in [3.63, 3.8) is 0 Å². The molecule has 0 aromatic heterocycles. The van der Waals surface area contributed by atoms with Crippen LogP contribution in [0.5, 0.6) is 0 Å². The number of aliphatic carboxylic acids is 1. The first-order valence-electron chi connectivity index (χ1n) is 4.41. The van der Waals surface area contributed by atoms with Gasteiger partial charge in [0.05, 0.1) is 6.42 Å². The number of rotatable bonds is 4. The van der Waals surface area contributed by atoms with Crippen LogP contribution in [0.2, 0.25) is 0 Å². The summed E-state index contributed by atoms with van der Waals surface area (Å²) in [4.78, 5) is 21.4. The van der Waals surface area contributed by atoms with E-state index in [9.17, 15) is 9.59 Å². The van der Waals surface area contributed by atoms with Crippen molar-refractivity contribution >= 4 is 23.8 Å². The van der Waals surface area contributed by atoms with Crippen molar-refractivity contribution in [2.45, 2.75) is 6.42 Å². The third kappa shape index (κ3) is 3.79. The van der Waals surface area contributed by atoms with Crippen molar-refractivity contribution in [1.29, 1.82) is 0 Å². The summed E-state index contributed by atoms with van der Waals surface area (Å²) in [6.07, 6.45) is 0.664. The summed E-state index contributed by atoms with van der Waals surface area (Å²) in [7, 11) is 0. The fraction of sp³-hybridized carbons (Fsp3) is 0.100. The Morgan fingerprint density at radius 3 is 2.44 bits per heavy atom. The molecule has 0 spiro atoms. The van der Waals surface area contributed by atoms with E-state index in [0.717, 1.165) is 6.21 Å². The molecule has 3 N–H and O–H groups in total. The first kappa shape index (κ1) is 11.7. The average Bonchev–Trinajstić information content (AvgIpc) is 2.20. The Morgan fingerprint density at radius 2 is 1.94 bits per heavy atom. The van der Waals surface area contributed by atoms with Crippen molar-refractivity contribution < 1.29 is 19.9 Å². The van der Waals surface area contributed by atoms with Gasteiger partial charge in [-0.2, -0.15) is 0 Å². The molecular formula is C10H10N2O4. The lowest BCUT2D eigenvalue weighted by Gasteiger charge is -2.02. The van der Waals surface area contributed by atoms with E-state index in [1.54, 1.807) is 24.3 Å². The molecule has 16 heavy (non-hydrogen) atoms. The minimum Gasteiger partial charge on any atom is -0.481 e. The maximum Gasteiger partial charge on any atom is 0.307 e. The minimum atomic E-state index is -0.913. The van der Waals surface area contributed by atoms with Crippen LogP contribution in [0.4, 0.5) is 5.69 Å². The van der Waals surface area contributed by atoms with Crippen LogP contribution in [0.1, 0.15) is 5.56 Å². The average molecular weight is 222 g/mol. The number of carboxylic acids is 1. The second-order valence-electron chi connectivity index (χ2n) is 3.00. The quantitative estimate of drug-likeness (QED) is 0.397. The van der Waals surface area contributed by atoms with Gasteiger partial charge < -0.3 is 15.6 Å². The van der Waals surface area contributed by atoms with Crippen molar-refractivity contribution in [2.24, 2.45) is 5.16 Å². The first-order chi connectivity index (χ1) is 7.61. The zero-order valence-electron chi connectivity index (χ0n) is 8.25. The summed E-state index contributed by atoms with van der Waals surface area (Å²) in [5, 5.41) is 21.6. The molecular weight excluding hydrogens is 212 g/mol. The predicted molar refractivity (Wildman–Crippen MR) is 56.7 cm³/mol. The number of benzene rings is 1. The molecule has 0 aliphatic carbocycles. The Hall–Kier alpha value is -2.37. The molecule has 0 radical (unpaired) electrons. The maximum atomic E-state index is 11.0. The summed E-state index contributed by atoms with van der Waals surface area (Å²) in [6, 6.07) is 6.34. The van der Waals surface area contributed by atoms with Gasteiger partial charge in [-0.3, -0.25) is 9.59 Å². The van der Waals surface area contributed by atoms with Crippen molar-refractivity contribution in [3.8, 4) is 0 Å². The molecule has 0 fully saturated rings. The molecule has 0 heterocycles. The first-order valence-corrected chi connectivity index (χ1v) is 4.41. The van der Waals surface area contributed by atoms with Crippen molar-refractivity contribution in [1.82, 2.24) is 0 Å². The molecule has 1 rings (SSSR count). The molecule has 0 atom stereocenters. The normalized spacial score (nSPS) is 10.2. The van der Waals surface area contributed by atoms with Crippen LogP contribution in [0.3, 0.4) is 0 Å². The Labute approximate surface area is 91.2 Å². The van der Waals surface area contributed by atoms with Crippen molar-refractivity contribution in [2.75, 3.05) is 5.32 Å². The molecule has 0 saturated heterocycles. The number of hydrogen-bond donors (Lipinski definition) is 3. The Morgan fingerprint density at radius 1 is 1.31 bits per heavy atom. The van der Waals surface area contributed by atoms with Gasteiger partial charge in [0.1, 0.15) is 6.21 Å². The molecule has 0 aliphatic heterocycles. The zero-order chi connectivity index (χ0) is 12.0. The smallest absolute Gasteiger partial charge is 0.307 e. The van der Waals surface area contributed by atoms with E-state index < -0.39 is 11.9 Å². The second-order valence-corrected chi connectivity index (χ2v) is 3.00. The SMILES string of the molecule is O=C(O)Cc1ccc(NC(=O)C=NO)cc1. The predicted octanol–water partition coefficient (Wildman–Crippen LogP) is 0.712. The van der Waals surface area contributed by atoms with Gasteiger partial charge in [-0.25, -0.2) is 0 Å². The van der Waals surface area contributed by atoms with Gasteiger partial charge in [-0.15, -0.1) is 0 Å². The fourth-order valence-corrected chi connectivity index (χ4v) is 1.11. The van der Waals surface area contributed by atoms with E-state index in [4.69, 9.17) is 10.3 Å². The van der Waals surface area contributed by atoms with E-state index in [1.807, 2.05) is 0 Å². The summed E-state index contributed by atoms with van der Waals surface area (Å²) < 4.78 is 0. The number of oxime groups is 1. The number of carboxylic acid groups (broad SMARTS) is 1. The van der Waals surface area contributed by atoms with Crippen LogP contribution in [0.15, 0.2) is 29.4 Å². The minimum absolute atomic E-state index is 0.0632. The molecule has 0 bridgehead atoms. The Balaban J connectivity index is 2.64. The highest BCUT2D eigenvalue weighted by atomic mass is 16.4. The van der Waals surface area contributed by atoms with Crippen LogP contribution in [-0.4, -0.2) is 28.4 Å². The van der Waals surface area contributed by atoms with E-state index in [0.29, 0.717) is 11.3 Å². The van der Waals surface area contributed by atoms with E-state index >= 15 is 0 Å². The molecule has 6 heteroatoms. The van der Waals surface area contributed by atoms with E-state index in [1.165, 1.54) is 0 Å². The molecule has 6 nitrogen and oxygen atoms in total. The number of carbonyl (C=O) groups excluding carboxylic acids is 1. The summed E-state index contributed by atoms with van der Waals surface area (Å²) in [5.41, 5.74) is 1.14. The van der Waals surface area contributed by atoms with Crippen LogP contribution in [0.25, 0.3) is 0 Å². The lowest BCUT2D eigenvalue weighted by atomic mass is 10.1. The molecule has 1 aromatic carbocycles. The standard InChI is InChI=1S/C10H10N2O4/c13-9(6-11-16)12-8-3-1-7(2-4-8)5-10(14)15/h1-4,6,16H,5H2,(H,12,13)(H,14,15). The van der Waals surface area contributed by atoms with Crippen molar-refractivity contribution in [3.05, 3.63) is 29.8 Å². The summed E-state index contributed by atoms with van der Waals surface area (Å²) >= 11 is 0. The highest BCUT2D eigenvalue weighted by Crippen LogP contribution is 2.09. The Bertz CT molecular complexity index is 411. The summed E-state index contributed by atoms with van der Waals surface area (Å²) in [5.74, 6) is -1.47. The van der Waals surface area contributed by atoms with Gasteiger partial charge in [0.15, 0.2) is 0 Å². The van der Waals surface area contributed by atoms with E-state index in [2.05, 4.69) is 10.5 Å².